The maximum Gasteiger partial charge on any atom is 0.270 e. The van der Waals surface area contributed by atoms with Crippen LogP contribution in [0.4, 0.5) is 5.69 Å². The lowest BCUT2D eigenvalue weighted by molar-refractivity contribution is -0.384. The molecule has 0 saturated carbocycles. The first-order valence-electron chi connectivity index (χ1n) is 7.90. The minimum Gasteiger partial charge on any atom is -0.457 e. The average molecular weight is 476 g/mol. The highest BCUT2D eigenvalue weighted by molar-refractivity contribution is 9.10. The van der Waals surface area contributed by atoms with Crippen LogP contribution in [0.15, 0.2) is 55.7 Å². The predicted molar refractivity (Wildman–Crippen MR) is 112 cm³/mol. The van der Waals surface area contributed by atoms with Crippen molar-refractivity contribution in [3.8, 4) is 11.3 Å². The Kier molecular flexibility index (Phi) is 5.00. The number of aromatic nitrogens is 1. The highest BCUT2D eigenvalue weighted by atomic mass is 79.9. The van der Waals surface area contributed by atoms with Gasteiger partial charge in [0.2, 0.25) is 0 Å². The monoisotopic (exact) mass is 475 g/mol. The molecule has 0 spiro atoms. The Hall–Kier alpha value is -2.56. The number of allylic oxidation sites excluding steroid dienone is 1. The fraction of sp³-hybridized carbons (Fsp3) is 0.0556. The van der Waals surface area contributed by atoms with Crippen LogP contribution >= 0.6 is 39.0 Å². The van der Waals surface area contributed by atoms with Gasteiger partial charge in [-0.2, -0.15) is 0 Å². The summed E-state index contributed by atoms with van der Waals surface area (Å²) in [6, 6.07) is 7.85. The Morgan fingerprint density at radius 3 is 2.82 bits per heavy atom. The van der Waals surface area contributed by atoms with Gasteiger partial charge >= 0.3 is 0 Å². The fourth-order valence-electron chi connectivity index (χ4n) is 2.71. The van der Waals surface area contributed by atoms with Gasteiger partial charge in [-0.05, 0) is 40.2 Å². The highest BCUT2D eigenvalue weighted by Gasteiger charge is 2.38. The molecule has 0 unspecified atom stereocenters. The number of nitro groups is 1. The summed E-state index contributed by atoms with van der Waals surface area (Å²) in [5.74, 6) is 0.160. The predicted octanol–water partition coefficient (Wildman–Crippen LogP) is 5.49. The lowest BCUT2D eigenvalue weighted by Crippen LogP contribution is -2.11. The molecule has 0 amide bonds. The Labute approximate surface area is 175 Å². The van der Waals surface area contributed by atoms with Gasteiger partial charge in [-0.1, -0.05) is 11.8 Å². The highest BCUT2D eigenvalue weighted by Crippen LogP contribution is 2.41. The molecule has 10 heteroatoms. The molecule has 1 fully saturated rings. The number of benzene rings is 1. The Morgan fingerprint density at radius 1 is 1.32 bits per heavy atom. The second-order valence-electron chi connectivity index (χ2n) is 5.77. The molecule has 4 rings (SSSR count). The normalized spacial score (nSPS) is 18.2. The van der Waals surface area contributed by atoms with E-state index in [1.54, 1.807) is 35.9 Å². The molecule has 28 heavy (non-hydrogen) atoms. The molecule has 3 aromatic rings. The van der Waals surface area contributed by atoms with Crippen molar-refractivity contribution >= 4 is 61.6 Å². The molecule has 2 aromatic heterocycles. The van der Waals surface area contributed by atoms with Gasteiger partial charge in [0.25, 0.3) is 5.69 Å². The number of thioether (sulfide) groups is 1. The molecule has 7 nitrogen and oxygen atoms in total. The minimum atomic E-state index is -0.644. The molecule has 0 aliphatic carbocycles. The molecule has 0 radical (unpaired) electrons. The van der Waals surface area contributed by atoms with Crippen molar-refractivity contribution in [2.45, 2.75) is 5.92 Å². The largest absolute Gasteiger partial charge is 0.457 e. The third kappa shape index (κ3) is 3.46. The summed E-state index contributed by atoms with van der Waals surface area (Å²) in [6.07, 6.45) is 3.23. The summed E-state index contributed by atoms with van der Waals surface area (Å²) in [5.41, 5.74) is 0.637. The Morgan fingerprint density at radius 2 is 2.14 bits per heavy atom. The molecule has 1 saturated heterocycles. The van der Waals surface area contributed by atoms with E-state index in [2.05, 4.69) is 20.9 Å². The first-order valence-corrected chi connectivity index (χ1v) is 10.4. The number of furan rings is 1. The molecular formula is C18H10BrN3O4S2. The second-order valence-corrected chi connectivity index (χ2v) is 8.63. The molecule has 1 aromatic carbocycles. The zero-order valence-corrected chi connectivity index (χ0v) is 17.1. The van der Waals surface area contributed by atoms with Crippen LogP contribution in [0.1, 0.15) is 16.7 Å². The van der Waals surface area contributed by atoms with Gasteiger partial charge in [-0.25, -0.2) is 4.98 Å². The number of non-ortho nitro benzene ring substituents is 1. The van der Waals surface area contributed by atoms with E-state index in [4.69, 9.17) is 9.83 Å². The zero-order valence-electron chi connectivity index (χ0n) is 13.9. The summed E-state index contributed by atoms with van der Waals surface area (Å²) < 4.78 is 6.33. The van der Waals surface area contributed by atoms with Crippen LogP contribution < -0.4 is 0 Å². The Bertz CT molecular complexity index is 1140. The van der Waals surface area contributed by atoms with E-state index >= 15 is 0 Å². The number of ketones is 1. The number of nitrogens with one attached hydrogen (secondary N) is 1. The maximum absolute atomic E-state index is 12.7. The van der Waals surface area contributed by atoms with E-state index in [0.29, 0.717) is 31.5 Å². The third-order valence-corrected chi connectivity index (χ3v) is 6.51. The van der Waals surface area contributed by atoms with Crippen molar-refractivity contribution in [3.05, 3.63) is 72.2 Å². The van der Waals surface area contributed by atoms with E-state index in [-0.39, 0.29) is 16.5 Å². The molecular weight excluding hydrogens is 466 g/mol. The van der Waals surface area contributed by atoms with Crippen LogP contribution in [0, 0.1) is 15.5 Å². The first-order chi connectivity index (χ1) is 13.4. The quantitative estimate of drug-likeness (QED) is 0.303. The lowest BCUT2D eigenvalue weighted by atomic mass is 10.1. The van der Waals surface area contributed by atoms with Crippen LogP contribution in [0.2, 0.25) is 0 Å². The number of carbonyl (C=O) groups excluding carboxylic acids is 1. The van der Waals surface area contributed by atoms with Crippen LogP contribution in [0.3, 0.4) is 0 Å². The third-order valence-electron chi connectivity index (χ3n) is 4.01. The van der Waals surface area contributed by atoms with Crippen molar-refractivity contribution in [1.29, 1.82) is 5.41 Å². The van der Waals surface area contributed by atoms with Crippen LogP contribution in [-0.2, 0) is 4.79 Å². The molecule has 1 N–H and O–H groups in total. The van der Waals surface area contributed by atoms with Crippen molar-refractivity contribution < 1.29 is 14.1 Å². The van der Waals surface area contributed by atoms with Crippen molar-refractivity contribution in [3.63, 3.8) is 0 Å². The summed E-state index contributed by atoms with van der Waals surface area (Å²) in [5, 5.41) is 21.6. The van der Waals surface area contributed by atoms with E-state index in [1.807, 2.05) is 0 Å². The summed E-state index contributed by atoms with van der Waals surface area (Å²) in [4.78, 5) is 27.6. The topological polar surface area (TPSA) is 110 Å². The molecule has 140 valence electrons. The van der Waals surface area contributed by atoms with Gasteiger partial charge in [0.05, 0.1) is 14.9 Å². The van der Waals surface area contributed by atoms with Gasteiger partial charge in [-0.3, -0.25) is 20.3 Å². The molecule has 0 bridgehead atoms. The van der Waals surface area contributed by atoms with Crippen LogP contribution in [-0.4, -0.2) is 20.7 Å². The van der Waals surface area contributed by atoms with E-state index < -0.39 is 10.8 Å². The van der Waals surface area contributed by atoms with Gasteiger partial charge in [0.15, 0.2) is 5.78 Å². The molecule has 3 heterocycles. The number of nitro benzene ring substituents is 1. The molecule has 1 aliphatic heterocycles. The summed E-state index contributed by atoms with van der Waals surface area (Å²) in [6.45, 7) is 0. The molecule has 1 aliphatic rings. The summed E-state index contributed by atoms with van der Waals surface area (Å²) >= 11 is 5.78. The van der Waals surface area contributed by atoms with Crippen LogP contribution in [0.25, 0.3) is 17.4 Å². The summed E-state index contributed by atoms with van der Waals surface area (Å²) in [7, 11) is 0. The number of hydrogen-bond donors (Lipinski definition) is 1. The van der Waals surface area contributed by atoms with Gasteiger partial charge < -0.3 is 4.42 Å². The number of nitrogens with zero attached hydrogens (tertiary/aromatic N) is 2. The number of rotatable bonds is 4. The fourth-order valence-corrected chi connectivity index (χ4v) is 5.06. The van der Waals surface area contributed by atoms with E-state index in [9.17, 15) is 14.9 Å². The lowest BCUT2D eigenvalue weighted by Gasteiger charge is -2.01. The number of hydrogen-bond acceptors (Lipinski definition) is 8. The van der Waals surface area contributed by atoms with Crippen LogP contribution in [0.5, 0.6) is 0 Å². The van der Waals surface area contributed by atoms with Gasteiger partial charge in [0, 0.05) is 33.7 Å². The van der Waals surface area contributed by atoms with Crippen molar-refractivity contribution in [1.82, 2.24) is 4.98 Å². The second kappa shape index (κ2) is 7.46. The zero-order chi connectivity index (χ0) is 19.8. The number of carbonyl (C=O) groups is 1. The smallest absolute Gasteiger partial charge is 0.270 e. The number of Topliss-reactive ketones (excluding diaryl/α,β-unsaturated/α-hetero) is 1. The molecule has 1 atom stereocenters. The minimum absolute atomic E-state index is 0.0239. The van der Waals surface area contributed by atoms with Gasteiger partial charge in [0.1, 0.15) is 22.4 Å². The Balaban J connectivity index is 1.61. The van der Waals surface area contributed by atoms with Crippen molar-refractivity contribution in [2.75, 3.05) is 0 Å². The van der Waals surface area contributed by atoms with Gasteiger partial charge in [-0.15, -0.1) is 11.3 Å². The van der Waals surface area contributed by atoms with E-state index in [0.717, 1.165) is 11.8 Å². The first kappa shape index (κ1) is 18.8. The van der Waals surface area contributed by atoms with Crippen molar-refractivity contribution in [2.24, 2.45) is 0 Å². The number of halogens is 1. The van der Waals surface area contributed by atoms with E-state index in [1.165, 1.54) is 23.5 Å². The standard InChI is InChI=1S/C18H10BrN3O4S2/c19-12-7-9(22(24)25)1-3-11(12)13-4-2-10(26-13)8-14-16(23)15(17(20)28-14)18-21-5-6-27-18/h1-8,15,20H/b14-8-,20-17?/t15-/m0/s1. The SMILES string of the molecule is N=C1S/C(=C\c2ccc(-c3ccc([N+](=O)[O-])cc3Br)o2)C(=O)[C@@H]1c1nccs1. The number of thiazole rings is 1. The maximum atomic E-state index is 12.7. The average Bonchev–Trinajstić information content (AvgIpc) is 3.37.